The molecule has 1 aliphatic carbocycles. The van der Waals surface area contributed by atoms with E-state index in [0.717, 1.165) is 23.2 Å². The summed E-state index contributed by atoms with van der Waals surface area (Å²) >= 11 is 0. The van der Waals surface area contributed by atoms with Crippen LogP contribution in [0.25, 0.3) is 11.1 Å². The lowest BCUT2D eigenvalue weighted by Crippen LogP contribution is -2.42. The highest BCUT2D eigenvalue weighted by Crippen LogP contribution is 2.49. The van der Waals surface area contributed by atoms with Crippen molar-refractivity contribution in [3.05, 3.63) is 59.4 Å². The van der Waals surface area contributed by atoms with Gasteiger partial charge in [0.2, 0.25) is 0 Å². The molecular weight excluding hydrogens is 303 g/mol. The molecule has 124 valence electrons. The number of carbonyl (C=O) groups is 1. The van der Waals surface area contributed by atoms with Crippen molar-refractivity contribution >= 4 is 5.91 Å². The molecule has 2 aromatic carbocycles. The Morgan fingerprint density at radius 3 is 2.71 bits per heavy atom. The Morgan fingerprint density at radius 2 is 2.00 bits per heavy atom. The summed E-state index contributed by atoms with van der Waals surface area (Å²) in [5.41, 5.74) is 9.38. The number of hydrogen-bond donors (Lipinski definition) is 1. The zero-order chi connectivity index (χ0) is 16.8. The summed E-state index contributed by atoms with van der Waals surface area (Å²) in [7, 11) is 0. The molecule has 1 saturated heterocycles. The van der Waals surface area contributed by atoms with Gasteiger partial charge in [0.1, 0.15) is 5.82 Å². The maximum absolute atomic E-state index is 13.2. The minimum atomic E-state index is -0.276. The van der Waals surface area contributed by atoms with Gasteiger partial charge in [-0.25, -0.2) is 4.39 Å². The summed E-state index contributed by atoms with van der Waals surface area (Å²) < 4.78 is 13.2. The zero-order valence-electron chi connectivity index (χ0n) is 13.7. The van der Waals surface area contributed by atoms with Gasteiger partial charge in [-0.2, -0.15) is 0 Å². The number of carbonyl (C=O) groups excluding carboxylic acids is 1. The highest BCUT2D eigenvalue weighted by molar-refractivity contribution is 6.01. The second kappa shape index (κ2) is 5.71. The van der Waals surface area contributed by atoms with Gasteiger partial charge in [0.15, 0.2) is 0 Å². The van der Waals surface area contributed by atoms with Gasteiger partial charge >= 0.3 is 0 Å². The third-order valence-electron chi connectivity index (χ3n) is 5.37. The lowest BCUT2D eigenvalue weighted by Gasteiger charge is -2.27. The third-order valence-corrected chi connectivity index (χ3v) is 5.37. The molecule has 1 aliphatic heterocycles. The van der Waals surface area contributed by atoms with Crippen LogP contribution in [0.1, 0.15) is 22.3 Å². The molecule has 2 fully saturated rings. The number of nitrogens with two attached hydrogens (primary N) is 1. The maximum atomic E-state index is 13.2. The van der Waals surface area contributed by atoms with E-state index in [0.29, 0.717) is 23.9 Å². The first kappa shape index (κ1) is 15.3. The number of amides is 1. The van der Waals surface area contributed by atoms with Crippen molar-refractivity contribution in [3.8, 4) is 11.1 Å². The number of fused-ring (bicyclic) bond motifs is 1. The van der Waals surface area contributed by atoms with E-state index in [9.17, 15) is 9.18 Å². The lowest BCUT2D eigenvalue weighted by atomic mass is 9.96. The van der Waals surface area contributed by atoms with E-state index in [-0.39, 0.29) is 17.8 Å². The van der Waals surface area contributed by atoms with Crippen LogP contribution in [-0.2, 0) is 0 Å². The molecule has 0 radical (unpaired) electrons. The lowest BCUT2D eigenvalue weighted by molar-refractivity contribution is 0.0713. The van der Waals surface area contributed by atoms with Crippen molar-refractivity contribution in [1.29, 1.82) is 0 Å². The number of benzene rings is 2. The molecule has 4 rings (SSSR count). The Morgan fingerprint density at radius 1 is 1.25 bits per heavy atom. The summed E-state index contributed by atoms with van der Waals surface area (Å²) in [6.07, 6.45) is 1.20. The van der Waals surface area contributed by atoms with E-state index in [4.69, 9.17) is 5.73 Å². The number of hydrogen-bond acceptors (Lipinski definition) is 2. The fourth-order valence-corrected chi connectivity index (χ4v) is 3.97. The maximum Gasteiger partial charge on any atom is 0.254 e. The van der Waals surface area contributed by atoms with Crippen LogP contribution in [0.15, 0.2) is 42.5 Å². The Kier molecular flexibility index (Phi) is 3.65. The number of piperidine rings is 1. The van der Waals surface area contributed by atoms with Crippen LogP contribution < -0.4 is 5.73 Å². The SMILES string of the molecule is Cc1ccc(C(=O)N2C[C@H]3C[C@H]3[C@H]2CN)c(-c2ccc(F)cc2)c1. The van der Waals surface area contributed by atoms with E-state index in [1.807, 2.05) is 30.0 Å². The topological polar surface area (TPSA) is 46.3 Å². The van der Waals surface area contributed by atoms with Crippen molar-refractivity contribution in [1.82, 2.24) is 4.90 Å². The first-order chi connectivity index (χ1) is 11.6. The van der Waals surface area contributed by atoms with Crippen LogP contribution in [0.2, 0.25) is 0 Å². The van der Waals surface area contributed by atoms with E-state index in [1.165, 1.54) is 18.6 Å². The predicted molar refractivity (Wildman–Crippen MR) is 92.0 cm³/mol. The van der Waals surface area contributed by atoms with Gasteiger partial charge in [0.05, 0.1) is 0 Å². The van der Waals surface area contributed by atoms with Crippen LogP contribution in [0, 0.1) is 24.6 Å². The Bertz CT molecular complexity index is 787. The average molecular weight is 324 g/mol. The highest BCUT2D eigenvalue weighted by Gasteiger charge is 2.53. The highest BCUT2D eigenvalue weighted by atomic mass is 19.1. The molecule has 0 unspecified atom stereocenters. The van der Waals surface area contributed by atoms with Gasteiger partial charge in [-0.05, 0) is 54.5 Å². The fourth-order valence-electron chi connectivity index (χ4n) is 3.97. The molecule has 1 saturated carbocycles. The molecule has 2 N–H and O–H groups in total. The van der Waals surface area contributed by atoms with Crippen molar-refractivity contribution in [2.24, 2.45) is 17.6 Å². The minimum Gasteiger partial charge on any atom is -0.334 e. The summed E-state index contributed by atoms with van der Waals surface area (Å²) in [5.74, 6) is 0.972. The average Bonchev–Trinajstić information content (AvgIpc) is 3.26. The second-order valence-corrected chi connectivity index (χ2v) is 6.98. The van der Waals surface area contributed by atoms with E-state index in [2.05, 4.69) is 0 Å². The largest absolute Gasteiger partial charge is 0.334 e. The number of halogens is 1. The van der Waals surface area contributed by atoms with Crippen LogP contribution in [-0.4, -0.2) is 29.9 Å². The van der Waals surface area contributed by atoms with Crippen LogP contribution in [0.5, 0.6) is 0 Å². The second-order valence-electron chi connectivity index (χ2n) is 6.98. The van der Waals surface area contributed by atoms with Gasteiger partial charge in [0, 0.05) is 24.7 Å². The van der Waals surface area contributed by atoms with Crippen LogP contribution >= 0.6 is 0 Å². The molecular formula is C20H21FN2O. The Labute approximate surface area is 141 Å². The molecule has 4 heteroatoms. The fraction of sp³-hybridized carbons (Fsp3) is 0.350. The normalized spacial score (nSPS) is 24.8. The summed E-state index contributed by atoms with van der Waals surface area (Å²) in [5, 5.41) is 0. The van der Waals surface area contributed by atoms with Crippen molar-refractivity contribution in [3.63, 3.8) is 0 Å². The summed E-state index contributed by atoms with van der Waals surface area (Å²) in [6.45, 7) is 3.32. The van der Waals surface area contributed by atoms with Gasteiger partial charge in [-0.1, -0.05) is 29.8 Å². The first-order valence-electron chi connectivity index (χ1n) is 8.46. The quantitative estimate of drug-likeness (QED) is 0.942. The molecule has 1 amide bonds. The number of aryl methyl sites for hydroxylation is 1. The smallest absolute Gasteiger partial charge is 0.254 e. The minimum absolute atomic E-state index is 0.0389. The molecule has 2 aromatic rings. The van der Waals surface area contributed by atoms with E-state index >= 15 is 0 Å². The number of likely N-dealkylation sites (tertiary alicyclic amines) is 1. The molecule has 2 aliphatic rings. The van der Waals surface area contributed by atoms with Gasteiger partial charge in [-0.15, -0.1) is 0 Å². The van der Waals surface area contributed by atoms with Gasteiger partial charge in [-0.3, -0.25) is 4.79 Å². The van der Waals surface area contributed by atoms with Gasteiger partial charge < -0.3 is 10.6 Å². The molecule has 0 bridgehead atoms. The van der Waals surface area contributed by atoms with Crippen LogP contribution in [0.4, 0.5) is 4.39 Å². The number of nitrogens with zero attached hydrogens (tertiary/aromatic N) is 1. The summed E-state index contributed by atoms with van der Waals surface area (Å²) in [4.78, 5) is 15.1. The van der Waals surface area contributed by atoms with E-state index in [1.54, 1.807) is 12.1 Å². The Balaban J connectivity index is 1.72. The molecule has 24 heavy (non-hydrogen) atoms. The zero-order valence-corrected chi connectivity index (χ0v) is 13.7. The molecule has 0 spiro atoms. The molecule has 0 aromatic heterocycles. The number of rotatable bonds is 3. The van der Waals surface area contributed by atoms with Crippen LogP contribution in [0.3, 0.4) is 0 Å². The van der Waals surface area contributed by atoms with Crippen molar-refractivity contribution < 1.29 is 9.18 Å². The van der Waals surface area contributed by atoms with E-state index < -0.39 is 0 Å². The van der Waals surface area contributed by atoms with Gasteiger partial charge in [0.25, 0.3) is 5.91 Å². The first-order valence-corrected chi connectivity index (χ1v) is 8.46. The monoisotopic (exact) mass is 324 g/mol. The predicted octanol–water partition coefficient (Wildman–Crippen LogP) is 3.22. The standard InChI is InChI=1S/C20H21FN2O/c1-12-2-7-16(17(8-12)13-3-5-15(21)6-4-13)20(24)23-11-14-9-18(14)19(23)10-22/h2-8,14,18-19H,9-11,22H2,1H3/t14-,18-,19-/m1/s1. The molecule has 3 atom stereocenters. The third kappa shape index (κ3) is 2.51. The molecule has 1 heterocycles. The molecule has 3 nitrogen and oxygen atoms in total. The van der Waals surface area contributed by atoms with Crippen molar-refractivity contribution in [2.75, 3.05) is 13.1 Å². The summed E-state index contributed by atoms with van der Waals surface area (Å²) in [6, 6.07) is 12.3. The Hall–Kier alpha value is -2.20. The van der Waals surface area contributed by atoms with Crippen molar-refractivity contribution in [2.45, 2.75) is 19.4 Å².